The monoisotopic (exact) mass is 434 g/mol. The van der Waals surface area contributed by atoms with Crippen LogP contribution in [0.1, 0.15) is 97.0 Å². The second kappa shape index (κ2) is 14.9. The average Bonchev–Trinajstić information content (AvgIpc) is 2.76. The molecular formula is C26H42O5. The van der Waals surface area contributed by atoms with Crippen molar-refractivity contribution in [1.82, 2.24) is 0 Å². The molecule has 0 bridgehead atoms. The summed E-state index contributed by atoms with van der Waals surface area (Å²) < 4.78 is 16.4. The molecule has 0 aromatic heterocycles. The topological polar surface area (TPSA) is 61.8 Å². The van der Waals surface area contributed by atoms with Crippen molar-refractivity contribution in [3.63, 3.8) is 0 Å². The summed E-state index contributed by atoms with van der Waals surface area (Å²) in [6.45, 7) is 8.11. The number of hydrogen-bond acceptors (Lipinski definition) is 5. The summed E-state index contributed by atoms with van der Waals surface area (Å²) >= 11 is 0. The second-order valence-corrected chi connectivity index (χ2v) is 8.30. The standard InChI is InChI=1S/C26H42O5/c1-6-9-10-11-12-13-14-15-16-19-30-24(27)26(7-2,8-3)25(28)31-23-20-21(4)17-18-22(23)29-5/h17-18,20H,6-16,19H2,1-5H3. The fourth-order valence-electron chi connectivity index (χ4n) is 3.69. The van der Waals surface area contributed by atoms with Crippen LogP contribution in [0.3, 0.4) is 0 Å². The molecule has 0 saturated heterocycles. The largest absolute Gasteiger partial charge is 0.493 e. The molecule has 0 N–H and O–H groups in total. The highest BCUT2D eigenvalue weighted by Crippen LogP contribution is 2.34. The molecule has 0 radical (unpaired) electrons. The Balaban J connectivity index is 2.54. The van der Waals surface area contributed by atoms with Gasteiger partial charge in [-0.1, -0.05) is 78.2 Å². The third kappa shape index (κ3) is 8.54. The number of carbonyl (C=O) groups excluding carboxylic acids is 2. The lowest BCUT2D eigenvalue weighted by Gasteiger charge is -2.27. The van der Waals surface area contributed by atoms with Gasteiger partial charge in [-0.05, 0) is 43.9 Å². The van der Waals surface area contributed by atoms with E-state index in [1.807, 2.05) is 26.8 Å². The van der Waals surface area contributed by atoms with E-state index in [2.05, 4.69) is 6.92 Å². The van der Waals surface area contributed by atoms with Crippen molar-refractivity contribution in [2.24, 2.45) is 5.41 Å². The van der Waals surface area contributed by atoms with Crippen molar-refractivity contribution in [2.45, 2.75) is 98.3 Å². The summed E-state index contributed by atoms with van der Waals surface area (Å²) in [5, 5.41) is 0. The Morgan fingerprint density at radius 1 is 0.806 bits per heavy atom. The summed E-state index contributed by atoms with van der Waals surface area (Å²) in [5.41, 5.74) is -0.358. The highest BCUT2D eigenvalue weighted by Gasteiger charge is 2.46. The van der Waals surface area contributed by atoms with Crippen LogP contribution in [0.4, 0.5) is 0 Å². The van der Waals surface area contributed by atoms with Crippen LogP contribution < -0.4 is 9.47 Å². The first-order chi connectivity index (χ1) is 14.9. The molecule has 0 atom stereocenters. The van der Waals surface area contributed by atoms with Gasteiger partial charge in [-0.2, -0.15) is 0 Å². The van der Waals surface area contributed by atoms with Crippen molar-refractivity contribution >= 4 is 11.9 Å². The van der Waals surface area contributed by atoms with E-state index >= 15 is 0 Å². The quantitative estimate of drug-likeness (QED) is 0.124. The van der Waals surface area contributed by atoms with Crippen LogP contribution in [0.15, 0.2) is 18.2 Å². The number of benzene rings is 1. The van der Waals surface area contributed by atoms with Crippen molar-refractivity contribution in [3.05, 3.63) is 23.8 Å². The summed E-state index contributed by atoms with van der Waals surface area (Å²) in [5.74, 6) is -0.291. The van der Waals surface area contributed by atoms with Gasteiger partial charge in [-0.15, -0.1) is 0 Å². The molecule has 176 valence electrons. The number of hydrogen-bond donors (Lipinski definition) is 0. The van der Waals surface area contributed by atoms with Gasteiger partial charge < -0.3 is 14.2 Å². The van der Waals surface area contributed by atoms with Gasteiger partial charge in [-0.3, -0.25) is 9.59 Å². The molecule has 0 aliphatic rings. The summed E-state index contributed by atoms with van der Waals surface area (Å²) in [6, 6.07) is 5.36. The molecule has 0 heterocycles. The predicted molar refractivity (Wildman–Crippen MR) is 125 cm³/mol. The van der Waals surface area contributed by atoms with Gasteiger partial charge in [0, 0.05) is 0 Å². The van der Waals surface area contributed by atoms with Crippen molar-refractivity contribution < 1.29 is 23.8 Å². The molecule has 1 aromatic rings. The molecule has 0 unspecified atom stereocenters. The van der Waals surface area contributed by atoms with Crippen LogP contribution in [-0.2, 0) is 14.3 Å². The number of unbranched alkanes of at least 4 members (excludes halogenated alkanes) is 8. The smallest absolute Gasteiger partial charge is 0.328 e. The molecule has 1 aromatic carbocycles. The number of carbonyl (C=O) groups is 2. The second-order valence-electron chi connectivity index (χ2n) is 8.30. The number of methoxy groups -OCH3 is 1. The summed E-state index contributed by atoms with van der Waals surface area (Å²) in [4.78, 5) is 25.9. The van der Waals surface area contributed by atoms with E-state index in [0.717, 1.165) is 24.8 Å². The fraction of sp³-hybridized carbons (Fsp3) is 0.692. The van der Waals surface area contributed by atoms with Gasteiger partial charge in [0.05, 0.1) is 13.7 Å². The highest BCUT2D eigenvalue weighted by molar-refractivity contribution is 6.00. The van der Waals surface area contributed by atoms with Gasteiger partial charge in [0.25, 0.3) is 0 Å². The fourth-order valence-corrected chi connectivity index (χ4v) is 3.69. The van der Waals surface area contributed by atoms with E-state index in [1.165, 1.54) is 45.6 Å². The van der Waals surface area contributed by atoms with Gasteiger partial charge in [0.15, 0.2) is 16.9 Å². The SMILES string of the molecule is CCCCCCCCCCCOC(=O)C(CC)(CC)C(=O)Oc1cc(C)ccc1OC. The van der Waals surface area contributed by atoms with Gasteiger partial charge >= 0.3 is 11.9 Å². The molecule has 31 heavy (non-hydrogen) atoms. The number of aryl methyl sites for hydroxylation is 1. The summed E-state index contributed by atoms with van der Waals surface area (Å²) in [7, 11) is 1.52. The molecule has 0 aliphatic heterocycles. The minimum absolute atomic E-state index is 0.325. The van der Waals surface area contributed by atoms with Crippen LogP contribution in [0.2, 0.25) is 0 Å². The van der Waals surface area contributed by atoms with E-state index in [-0.39, 0.29) is 0 Å². The molecule has 5 heteroatoms. The van der Waals surface area contributed by atoms with Crippen LogP contribution in [-0.4, -0.2) is 25.7 Å². The van der Waals surface area contributed by atoms with Crippen molar-refractivity contribution in [1.29, 1.82) is 0 Å². The first kappa shape index (κ1) is 27.0. The van der Waals surface area contributed by atoms with Crippen molar-refractivity contribution in [3.8, 4) is 11.5 Å². The number of ether oxygens (including phenoxy) is 3. The lowest BCUT2D eigenvalue weighted by atomic mass is 9.82. The maximum atomic E-state index is 13.0. The van der Waals surface area contributed by atoms with Crippen LogP contribution in [0, 0.1) is 12.3 Å². The Bertz CT molecular complexity index is 664. The molecule has 1 rings (SSSR count). The molecular weight excluding hydrogens is 392 g/mol. The third-order valence-corrected chi connectivity index (χ3v) is 5.99. The Morgan fingerprint density at radius 2 is 1.39 bits per heavy atom. The Labute approximate surface area is 188 Å². The van der Waals surface area contributed by atoms with E-state index < -0.39 is 17.4 Å². The molecule has 5 nitrogen and oxygen atoms in total. The number of rotatable bonds is 16. The van der Waals surface area contributed by atoms with Crippen molar-refractivity contribution in [2.75, 3.05) is 13.7 Å². The Kier molecular flexibility index (Phi) is 13.0. The zero-order valence-corrected chi connectivity index (χ0v) is 20.3. The normalized spacial score (nSPS) is 11.3. The maximum absolute atomic E-state index is 13.0. The van der Waals surface area contributed by atoms with E-state index in [0.29, 0.717) is 30.9 Å². The average molecular weight is 435 g/mol. The van der Waals surface area contributed by atoms with Gasteiger partial charge in [0.2, 0.25) is 0 Å². The van der Waals surface area contributed by atoms with E-state index in [9.17, 15) is 9.59 Å². The minimum atomic E-state index is -1.30. The molecule has 0 aliphatic carbocycles. The Hall–Kier alpha value is -2.04. The summed E-state index contributed by atoms with van der Waals surface area (Å²) in [6.07, 6.45) is 11.4. The zero-order valence-electron chi connectivity index (χ0n) is 20.3. The Morgan fingerprint density at radius 3 is 1.94 bits per heavy atom. The molecule has 0 saturated carbocycles. The first-order valence-electron chi connectivity index (χ1n) is 12.0. The maximum Gasteiger partial charge on any atom is 0.328 e. The van der Waals surface area contributed by atoms with E-state index in [4.69, 9.17) is 14.2 Å². The molecule has 0 amide bonds. The highest BCUT2D eigenvalue weighted by atomic mass is 16.6. The number of esters is 2. The zero-order chi connectivity index (χ0) is 23.1. The van der Waals surface area contributed by atoms with Gasteiger partial charge in [0.1, 0.15) is 0 Å². The molecule has 0 spiro atoms. The lowest BCUT2D eigenvalue weighted by molar-refractivity contribution is -0.168. The predicted octanol–water partition coefficient (Wildman–Crippen LogP) is 6.79. The van der Waals surface area contributed by atoms with Gasteiger partial charge in [-0.25, -0.2) is 0 Å². The molecule has 0 fully saturated rings. The van der Waals surface area contributed by atoms with Crippen LogP contribution >= 0.6 is 0 Å². The van der Waals surface area contributed by atoms with Crippen LogP contribution in [0.5, 0.6) is 11.5 Å². The lowest BCUT2D eigenvalue weighted by Crippen LogP contribution is -2.42. The third-order valence-electron chi connectivity index (χ3n) is 5.99. The first-order valence-corrected chi connectivity index (χ1v) is 12.0. The minimum Gasteiger partial charge on any atom is -0.493 e. The van der Waals surface area contributed by atoms with E-state index in [1.54, 1.807) is 12.1 Å². The van der Waals surface area contributed by atoms with Crippen LogP contribution in [0.25, 0.3) is 0 Å².